The number of amides is 2. The van der Waals surface area contributed by atoms with E-state index < -0.39 is 0 Å². The van der Waals surface area contributed by atoms with E-state index in [1.54, 1.807) is 32.4 Å². The lowest BCUT2D eigenvalue weighted by atomic mass is 10.1. The van der Waals surface area contributed by atoms with E-state index in [2.05, 4.69) is 4.90 Å². The van der Waals surface area contributed by atoms with Gasteiger partial charge in [0.15, 0.2) is 0 Å². The highest BCUT2D eigenvalue weighted by atomic mass is 16.5. The fraction of sp³-hybridized carbons (Fsp3) is 0.619. The maximum atomic E-state index is 12.9. The molecule has 0 spiro atoms. The van der Waals surface area contributed by atoms with Crippen molar-refractivity contribution in [1.82, 2.24) is 14.7 Å². The minimum atomic E-state index is -0.0435. The van der Waals surface area contributed by atoms with E-state index >= 15 is 0 Å². The quantitative estimate of drug-likeness (QED) is 0.769. The Morgan fingerprint density at radius 2 is 1.54 bits per heavy atom. The second kappa shape index (κ2) is 9.78. The minimum Gasteiger partial charge on any atom is -0.497 e. The molecule has 3 rings (SSSR count). The van der Waals surface area contributed by atoms with Gasteiger partial charge in [0.05, 0.1) is 26.3 Å². The lowest BCUT2D eigenvalue weighted by Gasteiger charge is -2.35. The van der Waals surface area contributed by atoms with E-state index in [4.69, 9.17) is 9.47 Å². The lowest BCUT2D eigenvalue weighted by molar-refractivity contribution is -0.132. The molecular weight excluding hydrogens is 358 g/mol. The lowest BCUT2D eigenvalue weighted by Crippen LogP contribution is -2.51. The predicted octanol–water partition coefficient (Wildman–Crippen LogP) is 1.86. The molecule has 0 atom stereocenters. The van der Waals surface area contributed by atoms with Crippen molar-refractivity contribution < 1.29 is 19.1 Å². The maximum absolute atomic E-state index is 12.9. The van der Waals surface area contributed by atoms with Gasteiger partial charge >= 0.3 is 0 Å². The number of hydrogen-bond acceptors (Lipinski definition) is 5. The van der Waals surface area contributed by atoms with Gasteiger partial charge in [-0.2, -0.15) is 0 Å². The summed E-state index contributed by atoms with van der Waals surface area (Å²) in [5, 5.41) is 0. The number of carbonyl (C=O) groups excluding carboxylic acids is 2. The first kappa shape index (κ1) is 20.5. The van der Waals surface area contributed by atoms with Crippen LogP contribution in [0.4, 0.5) is 0 Å². The number of nitrogens with zero attached hydrogens (tertiary/aromatic N) is 3. The van der Waals surface area contributed by atoms with Crippen LogP contribution < -0.4 is 9.47 Å². The third-order valence-corrected chi connectivity index (χ3v) is 5.62. The zero-order valence-corrected chi connectivity index (χ0v) is 17.0. The molecule has 1 aromatic carbocycles. The van der Waals surface area contributed by atoms with Crippen LogP contribution in [0.15, 0.2) is 18.2 Å². The van der Waals surface area contributed by atoms with Crippen LogP contribution in [0.1, 0.15) is 36.0 Å². The molecule has 7 heteroatoms. The number of piperazine rings is 1. The van der Waals surface area contributed by atoms with Crippen molar-refractivity contribution in [3.05, 3.63) is 23.8 Å². The molecule has 0 radical (unpaired) electrons. The fourth-order valence-corrected chi connectivity index (χ4v) is 3.87. The Hall–Kier alpha value is -2.28. The highest BCUT2D eigenvalue weighted by Gasteiger charge is 2.26. The van der Waals surface area contributed by atoms with Gasteiger partial charge in [-0.05, 0) is 25.0 Å². The van der Waals surface area contributed by atoms with Gasteiger partial charge in [-0.1, -0.05) is 12.8 Å². The Balaban J connectivity index is 1.53. The summed E-state index contributed by atoms with van der Waals surface area (Å²) < 4.78 is 10.6. The van der Waals surface area contributed by atoms with Crippen LogP contribution in [0, 0.1) is 0 Å². The van der Waals surface area contributed by atoms with Crippen molar-refractivity contribution in [2.45, 2.75) is 25.7 Å². The van der Waals surface area contributed by atoms with Crippen LogP contribution in [0.25, 0.3) is 0 Å². The van der Waals surface area contributed by atoms with Crippen LogP contribution in [0.3, 0.4) is 0 Å². The van der Waals surface area contributed by atoms with E-state index in [-0.39, 0.29) is 11.8 Å². The van der Waals surface area contributed by atoms with Gasteiger partial charge in [0.1, 0.15) is 11.5 Å². The van der Waals surface area contributed by atoms with Crippen molar-refractivity contribution in [3.63, 3.8) is 0 Å². The summed E-state index contributed by atoms with van der Waals surface area (Å²) >= 11 is 0. The van der Waals surface area contributed by atoms with Crippen molar-refractivity contribution >= 4 is 11.8 Å². The minimum absolute atomic E-state index is 0.0435. The van der Waals surface area contributed by atoms with E-state index in [1.807, 2.05) is 9.80 Å². The fourth-order valence-electron chi connectivity index (χ4n) is 3.87. The third-order valence-electron chi connectivity index (χ3n) is 5.62. The molecule has 0 saturated carbocycles. The number of methoxy groups -OCH3 is 2. The Kier molecular flexibility index (Phi) is 7.14. The molecule has 7 nitrogen and oxygen atoms in total. The monoisotopic (exact) mass is 389 g/mol. The van der Waals surface area contributed by atoms with E-state index in [1.165, 1.54) is 12.8 Å². The number of carbonyl (C=O) groups is 2. The highest BCUT2D eigenvalue weighted by molar-refractivity contribution is 5.97. The molecule has 2 aliphatic heterocycles. The SMILES string of the molecule is COc1ccc(C(=O)N2CCN(CC(=O)N3CCCCCC3)CC2)c(OC)c1. The average Bonchev–Trinajstić information content (AvgIpc) is 3.03. The Bertz CT molecular complexity index is 678. The Labute approximate surface area is 167 Å². The number of hydrogen-bond donors (Lipinski definition) is 0. The summed E-state index contributed by atoms with van der Waals surface area (Å²) in [4.78, 5) is 31.5. The van der Waals surface area contributed by atoms with Crippen molar-refractivity contribution in [1.29, 1.82) is 0 Å². The third kappa shape index (κ3) is 4.95. The second-order valence-corrected chi connectivity index (χ2v) is 7.43. The van der Waals surface area contributed by atoms with Gasteiger partial charge in [0.2, 0.25) is 5.91 Å². The largest absolute Gasteiger partial charge is 0.497 e. The molecule has 1 aromatic rings. The number of benzene rings is 1. The second-order valence-electron chi connectivity index (χ2n) is 7.43. The molecule has 2 aliphatic rings. The smallest absolute Gasteiger partial charge is 0.257 e. The number of rotatable bonds is 5. The van der Waals surface area contributed by atoms with Gasteiger partial charge in [0, 0.05) is 45.3 Å². The van der Waals surface area contributed by atoms with Crippen molar-refractivity contribution in [2.75, 3.05) is 60.0 Å². The van der Waals surface area contributed by atoms with Crippen LogP contribution >= 0.6 is 0 Å². The van der Waals surface area contributed by atoms with Crippen LogP contribution in [0.5, 0.6) is 11.5 Å². The first-order valence-electron chi connectivity index (χ1n) is 10.1. The van der Waals surface area contributed by atoms with Crippen LogP contribution in [0.2, 0.25) is 0 Å². The van der Waals surface area contributed by atoms with Crippen molar-refractivity contribution in [3.8, 4) is 11.5 Å². The predicted molar refractivity (Wildman–Crippen MR) is 107 cm³/mol. The average molecular weight is 389 g/mol. The molecule has 0 unspecified atom stereocenters. The molecule has 0 N–H and O–H groups in total. The Morgan fingerprint density at radius 3 is 2.14 bits per heavy atom. The summed E-state index contributed by atoms with van der Waals surface area (Å²) in [6, 6.07) is 5.24. The normalized spacial score (nSPS) is 18.5. The van der Waals surface area contributed by atoms with Crippen molar-refractivity contribution in [2.24, 2.45) is 0 Å². The number of ether oxygens (including phenoxy) is 2. The highest BCUT2D eigenvalue weighted by Crippen LogP contribution is 2.26. The van der Waals surface area contributed by atoms with Gasteiger partial charge in [-0.15, -0.1) is 0 Å². The first-order valence-corrected chi connectivity index (χ1v) is 10.1. The molecule has 2 amide bonds. The molecule has 0 aliphatic carbocycles. The molecule has 28 heavy (non-hydrogen) atoms. The van der Waals surface area contributed by atoms with E-state index in [9.17, 15) is 9.59 Å². The summed E-state index contributed by atoms with van der Waals surface area (Å²) in [7, 11) is 3.14. The number of likely N-dealkylation sites (tertiary alicyclic amines) is 1. The zero-order chi connectivity index (χ0) is 19.9. The summed E-state index contributed by atoms with van der Waals surface area (Å²) in [6.07, 6.45) is 4.66. The van der Waals surface area contributed by atoms with E-state index in [0.717, 1.165) is 25.9 Å². The summed E-state index contributed by atoms with van der Waals surface area (Å²) in [5.74, 6) is 1.35. The molecule has 154 valence electrons. The molecule has 2 saturated heterocycles. The molecule has 2 heterocycles. The molecular formula is C21H31N3O4. The Morgan fingerprint density at radius 1 is 0.857 bits per heavy atom. The first-order chi connectivity index (χ1) is 13.6. The molecule has 2 fully saturated rings. The summed E-state index contributed by atoms with van der Waals surface area (Å²) in [6.45, 7) is 4.87. The molecule has 0 aromatic heterocycles. The van der Waals surface area contributed by atoms with Gasteiger partial charge in [-0.25, -0.2) is 0 Å². The van der Waals surface area contributed by atoms with E-state index in [0.29, 0.717) is 49.8 Å². The molecule has 0 bridgehead atoms. The zero-order valence-electron chi connectivity index (χ0n) is 17.0. The maximum Gasteiger partial charge on any atom is 0.257 e. The van der Waals surface area contributed by atoms with Gasteiger partial charge < -0.3 is 19.3 Å². The summed E-state index contributed by atoms with van der Waals surface area (Å²) in [5.41, 5.74) is 0.539. The standard InChI is InChI=1S/C21H31N3O4/c1-27-17-7-8-18(19(15-17)28-2)21(26)24-13-11-22(12-14-24)16-20(25)23-9-5-3-4-6-10-23/h7-8,15H,3-6,9-14,16H2,1-2H3. The topological polar surface area (TPSA) is 62.3 Å². The van der Waals surface area contributed by atoms with Crippen LogP contribution in [-0.2, 0) is 4.79 Å². The van der Waals surface area contributed by atoms with Gasteiger partial charge in [-0.3, -0.25) is 14.5 Å². The van der Waals surface area contributed by atoms with Crippen LogP contribution in [-0.4, -0.2) is 86.5 Å². The van der Waals surface area contributed by atoms with Gasteiger partial charge in [0.25, 0.3) is 5.91 Å².